The van der Waals surface area contributed by atoms with Crippen LogP contribution in [0.4, 0.5) is 5.13 Å². The van der Waals surface area contributed by atoms with Crippen molar-refractivity contribution >= 4 is 38.5 Å². The van der Waals surface area contributed by atoms with Crippen LogP contribution in [-0.4, -0.2) is 36.6 Å². The van der Waals surface area contributed by atoms with Crippen LogP contribution in [0.15, 0.2) is 12.1 Å². The minimum atomic E-state index is -0.466. The van der Waals surface area contributed by atoms with Gasteiger partial charge in [0, 0.05) is 30.5 Å². The summed E-state index contributed by atoms with van der Waals surface area (Å²) in [5.41, 5.74) is 0.290. The van der Waals surface area contributed by atoms with Crippen LogP contribution in [0, 0.1) is 5.41 Å². The third-order valence-electron chi connectivity index (χ3n) is 3.62. The minimum Gasteiger partial charge on any atom is -0.486 e. The smallest absolute Gasteiger partial charge is 0.227 e. The third kappa shape index (κ3) is 4.19. The predicted octanol–water partition coefficient (Wildman–Crippen LogP) is 2.56. The molecule has 7 nitrogen and oxygen atoms in total. The van der Waals surface area contributed by atoms with Crippen LogP contribution in [0.3, 0.4) is 0 Å². The molecule has 0 unspecified atom stereocenters. The molecule has 0 saturated heterocycles. The lowest BCUT2D eigenvalue weighted by molar-refractivity contribution is -0.128. The van der Waals surface area contributed by atoms with Crippen LogP contribution in [-0.2, 0) is 9.59 Å². The highest BCUT2D eigenvalue weighted by molar-refractivity contribution is 7.22. The topological polar surface area (TPSA) is 89.6 Å². The number of amides is 2. The van der Waals surface area contributed by atoms with Gasteiger partial charge in [-0.1, -0.05) is 32.1 Å². The molecule has 2 heterocycles. The number of carbonyl (C=O) groups excluding carboxylic acids is 2. The predicted molar refractivity (Wildman–Crippen MR) is 96.3 cm³/mol. The Morgan fingerprint density at radius 3 is 2.56 bits per heavy atom. The number of thiazole rings is 1. The summed E-state index contributed by atoms with van der Waals surface area (Å²) in [5, 5.41) is 6.04. The largest absolute Gasteiger partial charge is 0.486 e. The SMILES string of the molecule is CC(C)(C)C(=O)NCCC(=O)Nc1nc2cc3c(cc2s1)OCCO3. The van der Waals surface area contributed by atoms with Gasteiger partial charge in [0.05, 0.1) is 10.2 Å². The number of aromatic nitrogens is 1. The number of rotatable bonds is 4. The lowest BCUT2D eigenvalue weighted by Crippen LogP contribution is -2.36. The van der Waals surface area contributed by atoms with Crippen LogP contribution in [0.2, 0.25) is 0 Å². The molecule has 0 bridgehead atoms. The van der Waals surface area contributed by atoms with Crippen LogP contribution in [0.5, 0.6) is 11.5 Å². The molecular weight excluding hydrogens is 342 g/mol. The zero-order valence-electron chi connectivity index (χ0n) is 14.5. The van der Waals surface area contributed by atoms with E-state index in [1.165, 1.54) is 11.3 Å². The van der Waals surface area contributed by atoms with Crippen molar-refractivity contribution in [2.45, 2.75) is 27.2 Å². The van der Waals surface area contributed by atoms with Crippen LogP contribution in [0.25, 0.3) is 10.2 Å². The van der Waals surface area contributed by atoms with Crippen molar-refractivity contribution in [1.82, 2.24) is 10.3 Å². The summed E-state index contributed by atoms with van der Waals surface area (Å²) in [6.45, 7) is 6.83. The summed E-state index contributed by atoms with van der Waals surface area (Å²) in [6, 6.07) is 3.69. The summed E-state index contributed by atoms with van der Waals surface area (Å²) in [7, 11) is 0. The highest BCUT2D eigenvalue weighted by Crippen LogP contribution is 2.37. The number of ether oxygens (including phenoxy) is 2. The zero-order valence-corrected chi connectivity index (χ0v) is 15.3. The summed E-state index contributed by atoms with van der Waals surface area (Å²) < 4.78 is 12.0. The number of carbonyl (C=O) groups is 2. The second-order valence-corrected chi connectivity index (χ2v) is 7.82. The maximum atomic E-state index is 12.0. The van der Waals surface area contributed by atoms with E-state index in [4.69, 9.17) is 9.47 Å². The molecule has 2 amide bonds. The molecule has 1 aliphatic rings. The first-order chi connectivity index (χ1) is 11.8. The van der Waals surface area contributed by atoms with E-state index in [1.807, 2.05) is 32.9 Å². The lowest BCUT2D eigenvalue weighted by atomic mass is 9.96. The number of benzene rings is 1. The van der Waals surface area contributed by atoms with E-state index in [0.29, 0.717) is 36.4 Å². The van der Waals surface area contributed by atoms with Gasteiger partial charge in [-0.25, -0.2) is 4.98 Å². The molecule has 1 aromatic heterocycles. The van der Waals surface area contributed by atoms with Gasteiger partial charge in [0.1, 0.15) is 13.2 Å². The van der Waals surface area contributed by atoms with Crippen molar-refractivity contribution in [2.24, 2.45) is 5.41 Å². The van der Waals surface area contributed by atoms with Crippen molar-refractivity contribution in [1.29, 1.82) is 0 Å². The Bertz CT molecular complexity index is 767. The highest BCUT2D eigenvalue weighted by Gasteiger charge is 2.21. The van der Waals surface area contributed by atoms with Crippen molar-refractivity contribution in [3.05, 3.63) is 12.1 Å². The molecule has 1 aliphatic heterocycles. The molecule has 134 valence electrons. The fourth-order valence-corrected chi connectivity index (χ4v) is 3.15. The maximum absolute atomic E-state index is 12.0. The average molecular weight is 363 g/mol. The number of fused-ring (bicyclic) bond motifs is 2. The fourth-order valence-electron chi connectivity index (χ4n) is 2.25. The number of anilines is 1. The van der Waals surface area contributed by atoms with E-state index in [0.717, 1.165) is 10.2 Å². The molecule has 2 N–H and O–H groups in total. The number of hydrogen-bond donors (Lipinski definition) is 2. The quantitative estimate of drug-likeness (QED) is 0.871. The van der Waals surface area contributed by atoms with E-state index in [-0.39, 0.29) is 18.2 Å². The third-order valence-corrected chi connectivity index (χ3v) is 4.55. The van der Waals surface area contributed by atoms with Crippen molar-refractivity contribution < 1.29 is 19.1 Å². The van der Waals surface area contributed by atoms with E-state index >= 15 is 0 Å². The van der Waals surface area contributed by atoms with Crippen LogP contribution >= 0.6 is 11.3 Å². The van der Waals surface area contributed by atoms with Gasteiger partial charge in [-0.15, -0.1) is 0 Å². The molecule has 2 aromatic rings. The van der Waals surface area contributed by atoms with Crippen molar-refractivity contribution in [2.75, 3.05) is 25.1 Å². The Morgan fingerprint density at radius 1 is 1.20 bits per heavy atom. The molecule has 0 aliphatic carbocycles. The summed E-state index contributed by atoms with van der Waals surface area (Å²) in [6.07, 6.45) is 0.195. The van der Waals surface area contributed by atoms with Gasteiger partial charge in [-0.2, -0.15) is 0 Å². The first kappa shape index (κ1) is 17.5. The molecular formula is C17H21N3O4S. The second-order valence-electron chi connectivity index (χ2n) is 6.79. The molecule has 0 saturated carbocycles. The Kier molecular flexibility index (Phi) is 4.80. The first-order valence-electron chi connectivity index (χ1n) is 8.11. The van der Waals surface area contributed by atoms with E-state index in [1.54, 1.807) is 0 Å². The lowest BCUT2D eigenvalue weighted by Gasteiger charge is -2.17. The molecule has 0 fully saturated rings. The molecule has 25 heavy (non-hydrogen) atoms. The zero-order chi connectivity index (χ0) is 18.0. The standard InChI is InChI=1S/C17H21N3O4S/c1-17(2,3)15(22)18-5-4-14(21)20-16-19-10-8-11-12(9-13(10)25-16)24-7-6-23-11/h8-9H,4-7H2,1-3H3,(H,18,22)(H,19,20,21). The monoisotopic (exact) mass is 363 g/mol. The van der Waals surface area contributed by atoms with Gasteiger partial charge in [0.2, 0.25) is 11.8 Å². The maximum Gasteiger partial charge on any atom is 0.227 e. The highest BCUT2D eigenvalue weighted by atomic mass is 32.1. The number of nitrogens with zero attached hydrogens (tertiary/aromatic N) is 1. The fraction of sp³-hybridized carbons (Fsp3) is 0.471. The van der Waals surface area contributed by atoms with E-state index in [2.05, 4.69) is 15.6 Å². The van der Waals surface area contributed by atoms with Crippen LogP contribution in [0.1, 0.15) is 27.2 Å². The van der Waals surface area contributed by atoms with Gasteiger partial charge in [0.15, 0.2) is 16.6 Å². The summed E-state index contributed by atoms with van der Waals surface area (Å²) in [5.74, 6) is 1.10. The molecule has 8 heteroatoms. The molecule has 0 radical (unpaired) electrons. The molecule has 3 rings (SSSR count). The van der Waals surface area contributed by atoms with Gasteiger partial charge < -0.3 is 20.1 Å². The average Bonchev–Trinajstić information content (AvgIpc) is 2.92. The number of hydrogen-bond acceptors (Lipinski definition) is 6. The first-order valence-corrected chi connectivity index (χ1v) is 8.93. The van der Waals surface area contributed by atoms with Gasteiger partial charge in [0.25, 0.3) is 0 Å². The Morgan fingerprint density at radius 2 is 1.88 bits per heavy atom. The summed E-state index contributed by atoms with van der Waals surface area (Å²) >= 11 is 1.38. The normalized spacial score (nSPS) is 13.6. The second kappa shape index (κ2) is 6.87. The molecule has 0 spiro atoms. The van der Waals surface area contributed by atoms with E-state index < -0.39 is 5.41 Å². The Hall–Kier alpha value is -2.35. The number of nitrogens with one attached hydrogen (secondary N) is 2. The van der Waals surface area contributed by atoms with E-state index in [9.17, 15) is 9.59 Å². The molecule has 1 aromatic carbocycles. The summed E-state index contributed by atoms with van der Waals surface area (Å²) in [4.78, 5) is 28.2. The van der Waals surface area contributed by atoms with Gasteiger partial charge in [-0.3, -0.25) is 9.59 Å². The van der Waals surface area contributed by atoms with Crippen molar-refractivity contribution in [3.63, 3.8) is 0 Å². The van der Waals surface area contributed by atoms with Crippen LogP contribution < -0.4 is 20.1 Å². The molecule has 0 atom stereocenters. The van der Waals surface area contributed by atoms with Gasteiger partial charge in [-0.05, 0) is 0 Å². The van der Waals surface area contributed by atoms with Gasteiger partial charge >= 0.3 is 0 Å². The minimum absolute atomic E-state index is 0.0779. The Labute approximate surface area is 149 Å². The van der Waals surface area contributed by atoms with Crippen molar-refractivity contribution in [3.8, 4) is 11.5 Å². The Balaban J connectivity index is 1.59.